The zero-order chi connectivity index (χ0) is 13.2. The molecule has 1 aliphatic rings. The van der Waals surface area contributed by atoms with E-state index >= 15 is 0 Å². The number of benzene rings is 2. The molecule has 2 N–H and O–H groups in total. The molecule has 0 aromatic heterocycles. The Labute approximate surface area is 119 Å². The smallest absolute Gasteiger partial charge is 0.0438 e. The molecule has 1 fully saturated rings. The molecule has 0 bridgehead atoms. The van der Waals surface area contributed by atoms with Gasteiger partial charge in [0.25, 0.3) is 0 Å². The normalized spacial score (nSPS) is 23.1. The number of hydrogen-bond donors (Lipinski definition) is 1. The molecular weight excluding hydrogens is 254 g/mol. The van der Waals surface area contributed by atoms with Crippen LogP contribution in [-0.4, -0.2) is 6.04 Å². The summed E-state index contributed by atoms with van der Waals surface area (Å²) in [6.07, 6.45) is 2.07. The summed E-state index contributed by atoms with van der Waals surface area (Å²) < 4.78 is 0. The molecule has 2 aromatic rings. The predicted molar refractivity (Wildman–Crippen MR) is 80.4 cm³/mol. The fourth-order valence-corrected chi connectivity index (χ4v) is 3.05. The van der Waals surface area contributed by atoms with Crippen LogP contribution in [0.4, 0.5) is 0 Å². The number of rotatable bonds is 4. The van der Waals surface area contributed by atoms with E-state index in [0.717, 1.165) is 17.0 Å². The summed E-state index contributed by atoms with van der Waals surface area (Å²) in [6, 6.07) is 18.9. The summed E-state index contributed by atoms with van der Waals surface area (Å²) in [4.78, 5) is 0. The van der Waals surface area contributed by atoms with Gasteiger partial charge in [-0.3, -0.25) is 0 Å². The van der Waals surface area contributed by atoms with Crippen molar-refractivity contribution in [2.45, 2.75) is 24.8 Å². The fraction of sp³-hybridized carbons (Fsp3) is 0.294. The van der Waals surface area contributed by atoms with Crippen molar-refractivity contribution in [3.05, 3.63) is 70.7 Å². The number of halogens is 1. The van der Waals surface area contributed by atoms with E-state index in [1.54, 1.807) is 0 Å². The van der Waals surface area contributed by atoms with Crippen LogP contribution in [-0.2, 0) is 6.42 Å². The molecule has 3 unspecified atom stereocenters. The molecule has 98 valence electrons. The molecule has 2 aromatic carbocycles. The molecule has 0 heterocycles. The molecule has 2 heteroatoms. The van der Waals surface area contributed by atoms with Crippen molar-refractivity contribution in [3.63, 3.8) is 0 Å². The molecule has 0 aliphatic heterocycles. The molecule has 0 saturated heterocycles. The lowest BCUT2D eigenvalue weighted by Crippen LogP contribution is -2.26. The highest BCUT2D eigenvalue weighted by Gasteiger charge is 2.42. The van der Waals surface area contributed by atoms with Gasteiger partial charge in [0, 0.05) is 11.1 Å². The Bertz CT molecular complexity index is 552. The summed E-state index contributed by atoms with van der Waals surface area (Å²) in [5.41, 5.74) is 8.93. The van der Waals surface area contributed by atoms with Crippen LogP contribution in [0, 0.1) is 5.92 Å². The van der Waals surface area contributed by atoms with E-state index in [4.69, 9.17) is 17.3 Å². The molecule has 0 amide bonds. The summed E-state index contributed by atoms with van der Waals surface area (Å²) >= 11 is 6.19. The third-order valence-corrected chi connectivity index (χ3v) is 4.40. The minimum absolute atomic E-state index is 0.199. The van der Waals surface area contributed by atoms with E-state index in [1.165, 1.54) is 12.0 Å². The molecule has 0 radical (unpaired) electrons. The lowest BCUT2D eigenvalue weighted by molar-refractivity contribution is 0.578. The Morgan fingerprint density at radius 3 is 2.47 bits per heavy atom. The van der Waals surface area contributed by atoms with E-state index in [0.29, 0.717) is 11.8 Å². The van der Waals surface area contributed by atoms with Gasteiger partial charge >= 0.3 is 0 Å². The topological polar surface area (TPSA) is 26.0 Å². The third kappa shape index (κ3) is 2.83. The van der Waals surface area contributed by atoms with Crippen LogP contribution in [0.3, 0.4) is 0 Å². The third-order valence-electron chi connectivity index (χ3n) is 4.03. The van der Waals surface area contributed by atoms with Crippen LogP contribution in [0.1, 0.15) is 23.5 Å². The quantitative estimate of drug-likeness (QED) is 0.893. The molecule has 1 aliphatic carbocycles. The second-order valence-electron chi connectivity index (χ2n) is 5.38. The van der Waals surface area contributed by atoms with Crippen molar-refractivity contribution in [1.29, 1.82) is 0 Å². The van der Waals surface area contributed by atoms with Crippen LogP contribution >= 0.6 is 11.6 Å². The van der Waals surface area contributed by atoms with E-state index in [2.05, 4.69) is 36.4 Å². The van der Waals surface area contributed by atoms with Crippen molar-refractivity contribution in [2.75, 3.05) is 0 Å². The summed E-state index contributed by atoms with van der Waals surface area (Å²) in [7, 11) is 0. The summed E-state index contributed by atoms with van der Waals surface area (Å²) in [5, 5.41) is 0.829. The molecular formula is C17H18ClN. The van der Waals surface area contributed by atoms with E-state index in [-0.39, 0.29) is 6.04 Å². The minimum atomic E-state index is 0.199. The predicted octanol–water partition coefficient (Wildman–Crippen LogP) is 4.01. The summed E-state index contributed by atoms with van der Waals surface area (Å²) in [5.74, 6) is 1.23. The van der Waals surface area contributed by atoms with Gasteiger partial charge in [0.2, 0.25) is 0 Å². The van der Waals surface area contributed by atoms with E-state index in [9.17, 15) is 0 Å². The summed E-state index contributed by atoms with van der Waals surface area (Å²) in [6.45, 7) is 0. The van der Waals surface area contributed by atoms with Gasteiger partial charge in [-0.1, -0.05) is 60.1 Å². The number of hydrogen-bond acceptors (Lipinski definition) is 1. The van der Waals surface area contributed by atoms with Gasteiger partial charge < -0.3 is 5.73 Å². The van der Waals surface area contributed by atoms with Crippen LogP contribution in [0.25, 0.3) is 0 Å². The largest absolute Gasteiger partial charge is 0.327 e. The Kier molecular flexibility index (Phi) is 3.58. The first kappa shape index (κ1) is 12.7. The highest BCUT2D eigenvalue weighted by atomic mass is 35.5. The van der Waals surface area contributed by atoms with Crippen LogP contribution in [0.2, 0.25) is 5.02 Å². The number of nitrogens with two attached hydrogens (primary N) is 1. The zero-order valence-electron chi connectivity index (χ0n) is 10.8. The first-order valence-corrected chi connectivity index (χ1v) is 7.17. The zero-order valence-corrected chi connectivity index (χ0v) is 11.6. The second kappa shape index (κ2) is 5.36. The molecule has 3 atom stereocenters. The highest BCUT2D eigenvalue weighted by molar-refractivity contribution is 6.31. The lowest BCUT2D eigenvalue weighted by atomic mass is 9.99. The minimum Gasteiger partial charge on any atom is -0.327 e. The van der Waals surface area contributed by atoms with Crippen molar-refractivity contribution < 1.29 is 0 Å². The van der Waals surface area contributed by atoms with Crippen LogP contribution in [0.15, 0.2) is 54.6 Å². The first-order valence-electron chi connectivity index (χ1n) is 6.79. The Balaban J connectivity index is 1.64. The molecule has 1 saturated carbocycles. The average molecular weight is 272 g/mol. The highest BCUT2D eigenvalue weighted by Crippen LogP contribution is 2.49. The SMILES string of the molecule is NC(Cc1ccccc1Cl)C1CC1c1ccccc1. The molecule has 19 heavy (non-hydrogen) atoms. The maximum absolute atomic E-state index is 6.35. The van der Waals surface area contributed by atoms with E-state index < -0.39 is 0 Å². The van der Waals surface area contributed by atoms with Gasteiger partial charge in [-0.25, -0.2) is 0 Å². The van der Waals surface area contributed by atoms with Gasteiger partial charge in [-0.15, -0.1) is 0 Å². The fourth-order valence-electron chi connectivity index (χ4n) is 2.84. The van der Waals surface area contributed by atoms with Crippen LogP contribution in [0.5, 0.6) is 0 Å². The maximum Gasteiger partial charge on any atom is 0.0438 e. The molecule has 1 nitrogen and oxygen atoms in total. The van der Waals surface area contributed by atoms with Gasteiger partial charge in [-0.2, -0.15) is 0 Å². The van der Waals surface area contributed by atoms with Gasteiger partial charge in [0.15, 0.2) is 0 Å². The second-order valence-corrected chi connectivity index (χ2v) is 5.78. The molecule has 3 rings (SSSR count). The average Bonchev–Trinajstić information content (AvgIpc) is 3.23. The standard InChI is InChI=1S/C17H18ClN/c18-16-9-5-4-8-13(16)10-17(19)15-11-14(15)12-6-2-1-3-7-12/h1-9,14-15,17H,10-11,19H2. The maximum atomic E-state index is 6.35. The van der Waals surface area contributed by atoms with Crippen LogP contribution < -0.4 is 5.73 Å². The van der Waals surface area contributed by atoms with Gasteiger partial charge in [0.1, 0.15) is 0 Å². The Morgan fingerprint density at radius 1 is 1.05 bits per heavy atom. The van der Waals surface area contributed by atoms with Crippen molar-refractivity contribution >= 4 is 11.6 Å². The Hall–Kier alpha value is -1.31. The lowest BCUT2D eigenvalue weighted by Gasteiger charge is -2.12. The first-order chi connectivity index (χ1) is 9.25. The van der Waals surface area contributed by atoms with Crippen molar-refractivity contribution in [2.24, 2.45) is 11.7 Å². The monoisotopic (exact) mass is 271 g/mol. The van der Waals surface area contributed by atoms with Gasteiger partial charge in [-0.05, 0) is 41.9 Å². The van der Waals surface area contributed by atoms with E-state index in [1.807, 2.05) is 18.2 Å². The molecule has 0 spiro atoms. The van der Waals surface area contributed by atoms with Crippen molar-refractivity contribution in [3.8, 4) is 0 Å². The van der Waals surface area contributed by atoms with Crippen molar-refractivity contribution in [1.82, 2.24) is 0 Å². The van der Waals surface area contributed by atoms with Gasteiger partial charge in [0.05, 0.1) is 0 Å². The Morgan fingerprint density at radius 2 is 1.74 bits per heavy atom.